The summed E-state index contributed by atoms with van der Waals surface area (Å²) in [5.41, 5.74) is 0. The number of unbranched alkanes of at least 4 members (excludes halogenated alkanes) is 11. The van der Waals surface area contributed by atoms with Gasteiger partial charge in [-0.25, -0.2) is 12.1 Å². The van der Waals surface area contributed by atoms with E-state index in [1.54, 1.807) is 0 Å². The molecule has 0 unspecified atom stereocenters. The molecule has 0 aliphatic heterocycles. The largest absolute Gasteiger partial charge is 0.748 e. The van der Waals surface area contributed by atoms with Crippen LogP contribution in [0.4, 0.5) is 0 Å². The monoisotopic (exact) mass is 490 g/mol. The van der Waals surface area contributed by atoms with E-state index in [9.17, 15) is 0 Å². The van der Waals surface area contributed by atoms with Crippen LogP contribution in [0.1, 0.15) is 84.0 Å². The van der Waals surface area contributed by atoms with Gasteiger partial charge in [0.1, 0.15) is 0 Å². The van der Waals surface area contributed by atoms with Gasteiger partial charge in [-0.15, -0.1) is 0 Å². The molecule has 0 aliphatic carbocycles. The van der Waals surface area contributed by atoms with Crippen molar-refractivity contribution < 1.29 is 39.4 Å². The summed E-state index contributed by atoms with van der Waals surface area (Å²) in [5, 5.41) is 0. The van der Waals surface area contributed by atoms with E-state index in [1.165, 1.54) is 70.6 Å². The van der Waals surface area contributed by atoms with E-state index < -0.39 is 0 Å². The zero-order valence-corrected chi connectivity index (χ0v) is 19.2. The van der Waals surface area contributed by atoms with Crippen molar-refractivity contribution in [2.45, 2.75) is 84.0 Å². The predicted molar refractivity (Wildman–Crippen MR) is 111 cm³/mol. The van der Waals surface area contributed by atoms with Crippen molar-refractivity contribution >= 4 is 0 Å². The summed E-state index contributed by atoms with van der Waals surface area (Å²) in [6.07, 6.45) is 16.9. The smallest absolute Gasteiger partial charge is 0 e. The van der Waals surface area contributed by atoms with Crippen LogP contribution in [0, 0.1) is 6.92 Å². The van der Waals surface area contributed by atoms with E-state index in [0.29, 0.717) is 0 Å². The molecule has 0 amide bonds. The second-order valence-corrected chi connectivity index (χ2v) is 6.31. The van der Waals surface area contributed by atoms with E-state index in [1.807, 2.05) is 60.7 Å². The summed E-state index contributed by atoms with van der Waals surface area (Å²) >= 11 is 0. The van der Waals surface area contributed by atoms with Crippen molar-refractivity contribution in [2.24, 2.45) is 0 Å². The number of hydrogen-bond acceptors (Lipinski definition) is 0. The molecule has 0 fully saturated rings. The molecule has 0 aromatic heterocycles. The number of hydrogen-bond donors (Lipinski definition) is 0. The second-order valence-electron chi connectivity index (χ2n) is 6.31. The fourth-order valence-electron chi connectivity index (χ4n) is 2.48. The van der Waals surface area contributed by atoms with E-state index in [2.05, 4.69) is 13.8 Å². The first-order chi connectivity index (χ1) is 11.9. The fourth-order valence-corrected chi connectivity index (χ4v) is 2.48. The van der Waals surface area contributed by atoms with Crippen LogP contribution >= 0.6 is 0 Å². The van der Waals surface area contributed by atoms with Gasteiger partial charge >= 0.3 is 0 Å². The van der Waals surface area contributed by atoms with Gasteiger partial charge in [0, 0.05) is 39.4 Å². The van der Waals surface area contributed by atoms with Crippen molar-refractivity contribution in [2.75, 3.05) is 0 Å². The van der Waals surface area contributed by atoms with Crippen LogP contribution in [0.2, 0.25) is 0 Å². The zero-order chi connectivity index (χ0) is 17.6. The quantitative estimate of drug-likeness (QED) is 0.168. The molecule has 0 saturated carbocycles. The standard InChI is InChI=1S/C14H29.2C5H5.Ag.Fe/c1-3-5-7-9-11-13-14-12-10-8-6-4-2;2*1-2-4-5-3-1;;/h1,3-14H2,2H3;2*1-5H;;/q-1;-5;-1;;. The first-order valence-corrected chi connectivity index (χ1v) is 10.0. The van der Waals surface area contributed by atoms with Crippen LogP contribution in [0.5, 0.6) is 0 Å². The van der Waals surface area contributed by atoms with Gasteiger partial charge in [-0.2, -0.15) is 24.6 Å². The van der Waals surface area contributed by atoms with E-state index in [0.717, 1.165) is 6.42 Å². The Labute approximate surface area is 190 Å². The molecule has 0 heterocycles. The first kappa shape index (κ1) is 30.7. The molecule has 0 spiro atoms. The molecule has 2 rings (SSSR count). The Morgan fingerprint density at radius 1 is 0.615 bits per heavy atom. The van der Waals surface area contributed by atoms with Crippen LogP contribution in [0.3, 0.4) is 0 Å². The van der Waals surface area contributed by atoms with Crippen LogP contribution in [0.15, 0.2) is 60.7 Å². The first-order valence-electron chi connectivity index (χ1n) is 10.0. The van der Waals surface area contributed by atoms with Gasteiger partial charge in [-0.1, -0.05) is 77.6 Å². The van der Waals surface area contributed by atoms with Gasteiger partial charge in [-0.3, -0.25) is 0 Å². The van der Waals surface area contributed by atoms with Crippen molar-refractivity contribution in [1.82, 2.24) is 0 Å². The van der Waals surface area contributed by atoms with E-state index in [-0.39, 0.29) is 39.4 Å². The minimum absolute atomic E-state index is 0. The molecule has 0 saturated heterocycles. The number of rotatable bonds is 11. The Bertz CT molecular complexity index is 294. The summed E-state index contributed by atoms with van der Waals surface area (Å²) in [6, 6.07) is 20.0. The molecule has 1 radical (unpaired) electrons. The van der Waals surface area contributed by atoms with Crippen LogP contribution in [-0.4, -0.2) is 0 Å². The van der Waals surface area contributed by atoms with Gasteiger partial charge in [0.2, 0.25) is 0 Å². The molecule has 0 atom stereocenters. The van der Waals surface area contributed by atoms with Crippen LogP contribution < -0.4 is 0 Å². The van der Waals surface area contributed by atoms with Gasteiger partial charge < -0.3 is 37.3 Å². The average Bonchev–Trinajstić information content (AvgIpc) is 3.35. The Morgan fingerprint density at radius 2 is 0.962 bits per heavy atom. The van der Waals surface area contributed by atoms with Crippen LogP contribution in [-0.2, 0) is 39.4 Å². The normalized spacial score (nSPS) is 8.85. The molecular weight excluding hydrogens is 452 g/mol. The van der Waals surface area contributed by atoms with E-state index in [4.69, 9.17) is 0 Å². The summed E-state index contributed by atoms with van der Waals surface area (Å²) in [5.74, 6) is 0. The maximum atomic E-state index is 3.86. The maximum Gasteiger partial charge on any atom is 0 e. The van der Waals surface area contributed by atoms with Gasteiger partial charge in [0.05, 0.1) is 0 Å². The Morgan fingerprint density at radius 3 is 1.23 bits per heavy atom. The van der Waals surface area contributed by atoms with Gasteiger partial charge in [0.15, 0.2) is 0 Å². The molecule has 161 valence electrons. The average molecular weight is 491 g/mol. The second kappa shape index (κ2) is 29.7. The molecule has 2 aromatic carbocycles. The molecule has 2 aromatic rings. The van der Waals surface area contributed by atoms with Crippen LogP contribution in [0.25, 0.3) is 0 Å². The molecule has 0 nitrogen and oxygen atoms in total. The minimum atomic E-state index is 0. The molecule has 26 heavy (non-hydrogen) atoms. The minimum Gasteiger partial charge on any atom is -0.748 e. The maximum absolute atomic E-state index is 3.86. The summed E-state index contributed by atoms with van der Waals surface area (Å²) < 4.78 is 0. The van der Waals surface area contributed by atoms with Crippen molar-refractivity contribution in [3.8, 4) is 0 Å². The van der Waals surface area contributed by atoms with Crippen molar-refractivity contribution in [3.05, 3.63) is 67.6 Å². The topological polar surface area (TPSA) is 0 Å². The zero-order valence-electron chi connectivity index (χ0n) is 16.6. The molecule has 0 bridgehead atoms. The Kier molecular flexibility index (Phi) is 35.1. The third-order valence-corrected chi connectivity index (χ3v) is 3.96. The third-order valence-electron chi connectivity index (χ3n) is 3.96. The summed E-state index contributed by atoms with van der Waals surface area (Å²) in [6.45, 7) is 6.14. The molecular formula is C24H39AgFe-7. The molecule has 0 aliphatic rings. The molecule has 2 heteroatoms. The van der Waals surface area contributed by atoms with Crippen molar-refractivity contribution in [3.63, 3.8) is 0 Å². The Hall–Kier alpha value is -0.0403. The SMILES string of the molecule is [Ag].[CH2-]CCCCCCCCCCCCC.[Fe].[cH-]1[cH-][cH-][cH-][cH-]1.c1cc[cH-]c1. The Balaban J connectivity index is -0.000000359. The van der Waals surface area contributed by atoms with E-state index >= 15 is 0 Å². The van der Waals surface area contributed by atoms with Gasteiger partial charge in [-0.05, 0) is 0 Å². The summed E-state index contributed by atoms with van der Waals surface area (Å²) in [4.78, 5) is 0. The fraction of sp³-hybridized carbons (Fsp3) is 0.542. The predicted octanol–water partition coefficient (Wildman–Crippen LogP) is 8.33. The van der Waals surface area contributed by atoms with Crippen molar-refractivity contribution in [1.29, 1.82) is 0 Å². The summed E-state index contributed by atoms with van der Waals surface area (Å²) in [7, 11) is 0. The molecule has 0 N–H and O–H groups in total. The third kappa shape index (κ3) is 28.8. The van der Waals surface area contributed by atoms with Gasteiger partial charge in [0.25, 0.3) is 0 Å².